The van der Waals surface area contributed by atoms with Gasteiger partial charge in [0, 0.05) is 13.1 Å². The van der Waals surface area contributed by atoms with Crippen LogP contribution in [-0.2, 0) is 18.4 Å². The van der Waals surface area contributed by atoms with Crippen LogP contribution in [0.2, 0.25) is 0 Å². The SMILES string of the molecule is CC(C)c1ccc2c(c1)CCC1C(C)(CNCc3ccc(C(=O)O)cc3)CCCC21C. The molecule has 3 unspecified atom stereocenters. The zero-order chi connectivity index (χ0) is 22.2. The van der Waals surface area contributed by atoms with E-state index in [0.717, 1.165) is 18.7 Å². The van der Waals surface area contributed by atoms with E-state index in [1.54, 1.807) is 23.3 Å². The molecule has 2 aliphatic carbocycles. The Morgan fingerprint density at radius 2 is 1.87 bits per heavy atom. The molecular weight excluding hydrogens is 382 g/mol. The standard InChI is InChI=1S/C28H37NO2/c1-19(2)22-10-12-24-23(16-22)11-13-25-27(3,14-5-15-28(24,25)4)18-29-17-20-6-8-21(9-7-20)26(30)31/h6-10,12,16,19,25,29H,5,11,13-15,17-18H2,1-4H3,(H,30,31). The molecule has 2 aliphatic rings. The summed E-state index contributed by atoms with van der Waals surface area (Å²) in [6.07, 6.45) is 6.32. The van der Waals surface area contributed by atoms with Gasteiger partial charge >= 0.3 is 5.97 Å². The third-order valence-corrected chi connectivity index (χ3v) is 8.23. The molecule has 0 saturated heterocycles. The van der Waals surface area contributed by atoms with Crippen molar-refractivity contribution in [2.75, 3.05) is 6.54 Å². The number of fused-ring (bicyclic) bond motifs is 3. The van der Waals surface area contributed by atoms with Gasteiger partial charge in [0.15, 0.2) is 0 Å². The van der Waals surface area contributed by atoms with Crippen molar-refractivity contribution < 1.29 is 9.90 Å². The fraction of sp³-hybridized carbons (Fsp3) is 0.536. The zero-order valence-electron chi connectivity index (χ0n) is 19.5. The molecule has 1 fully saturated rings. The summed E-state index contributed by atoms with van der Waals surface area (Å²) < 4.78 is 0. The Kier molecular flexibility index (Phi) is 6.00. The lowest BCUT2D eigenvalue weighted by Gasteiger charge is -2.55. The number of aryl methyl sites for hydroxylation is 1. The zero-order valence-corrected chi connectivity index (χ0v) is 19.5. The van der Waals surface area contributed by atoms with Crippen molar-refractivity contribution in [3.8, 4) is 0 Å². The van der Waals surface area contributed by atoms with E-state index < -0.39 is 5.97 Å². The first-order chi connectivity index (χ1) is 14.7. The van der Waals surface area contributed by atoms with E-state index in [4.69, 9.17) is 5.11 Å². The van der Waals surface area contributed by atoms with Crippen LogP contribution in [0.1, 0.15) is 91.9 Å². The topological polar surface area (TPSA) is 49.3 Å². The first kappa shape index (κ1) is 22.1. The molecule has 0 aromatic heterocycles. The van der Waals surface area contributed by atoms with Crippen molar-refractivity contribution in [2.45, 2.75) is 77.7 Å². The molecule has 0 amide bonds. The van der Waals surface area contributed by atoms with Gasteiger partial charge in [-0.3, -0.25) is 0 Å². The van der Waals surface area contributed by atoms with Crippen molar-refractivity contribution in [2.24, 2.45) is 11.3 Å². The van der Waals surface area contributed by atoms with E-state index >= 15 is 0 Å². The Morgan fingerprint density at radius 1 is 1.13 bits per heavy atom. The van der Waals surface area contributed by atoms with Gasteiger partial charge in [-0.1, -0.05) is 64.4 Å². The average Bonchev–Trinajstić information content (AvgIpc) is 2.73. The van der Waals surface area contributed by atoms with Gasteiger partial charge in [0.25, 0.3) is 0 Å². The van der Waals surface area contributed by atoms with Crippen LogP contribution >= 0.6 is 0 Å². The van der Waals surface area contributed by atoms with Gasteiger partial charge < -0.3 is 10.4 Å². The maximum atomic E-state index is 11.1. The highest BCUT2D eigenvalue weighted by Gasteiger charge is 2.51. The minimum atomic E-state index is -0.869. The molecule has 166 valence electrons. The van der Waals surface area contributed by atoms with Gasteiger partial charge in [0.05, 0.1) is 5.56 Å². The fourth-order valence-corrected chi connectivity index (χ4v) is 6.47. The number of carboxylic acid groups (broad SMARTS) is 1. The maximum absolute atomic E-state index is 11.1. The lowest BCUT2D eigenvalue weighted by molar-refractivity contribution is 0.0257. The molecule has 2 N–H and O–H groups in total. The number of hydrogen-bond donors (Lipinski definition) is 2. The first-order valence-corrected chi connectivity index (χ1v) is 11.9. The fourth-order valence-electron chi connectivity index (χ4n) is 6.47. The van der Waals surface area contributed by atoms with Crippen LogP contribution in [0.4, 0.5) is 0 Å². The van der Waals surface area contributed by atoms with Crippen LogP contribution in [0.25, 0.3) is 0 Å². The van der Waals surface area contributed by atoms with Crippen molar-refractivity contribution in [1.29, 1.82) is 0 Å². The first-order valence-electron chi connectivity index (χ1n) is 11.9. The smallest absolute Gasteiger partial charge is 0.335 e. The Bertz CT molecular complexity index is 948. The predicted octanol–water partition coefficient (Wildman–Crippen LogP) is 6.31. The number of benzene rings is 2. The molecule has 2 aromatic carbocycles. The molecule has 3 atom stereocenters. The van der Waals surface area contributed by atoms with E-state index in [9.17, 15) is 4.79 Å². The van der Waals surface area contributed by atoms with Crippen LogP contribution in [-0.4, -0.2) is 17.6 Å². The molecule has 2 aromatic rings. The summed E-state index contributed by atoms with van der Waals surface area (Å²) in [4.78, 5) is 11.1. The number of aromatic carboxylic acids is 1. The van der Waals surface area contributed by atoms with Crippen LogP contribution in [0.15, 0.2) is 42.5 Å². The Hall–Kier alpha value is -2.13. The Labute approximate surface area is 187 Å². The lowest BCUT2D eigenvalue weighted by atomic mass is 9.49. The molecule has 0 heterocycles. The van der Waals surface area contributed by atoms with E-state index in [0.29, 0.717) is 17.4 Å². The van der Waals surface area contributed by atoms with Gasteiger partial charge in [-0.25, -0.2) is 4.79 Å². The number of rotatable bonds is 6. The number of hydrogen-bond acceptors (Lipinski definition) is 2. The van der Waals surface area contributed by atoms with Crippen LogP contribution in [0.3, 0.4) is 0 Å². The maximum Gasteiger partial charge on any atom is 0.335 e. The van der Waals surface area contributed by atoms with Gasteiger partial charge in [0.1, 0.15) is 0 Å². The molecule has 0 aliphatic heterocycles. The van der Waals surface area contributed by atoms with Gasteiger partial charge in [-0.15, -0.1) is 0 Å². The average molecular weight is 420 g/mol. The highest BCUT2D eigenvalue weighted by atomic mass is 16.4. The predicted molar refractivity (Wildman–Crippen MR) is 127 cm³/mol. The molecule has 3 heteroatoms. The third-order valence-electron chi connectivity index (χ3n) is 8.23. The van der Waals surface area contributed by atoms with Crippen LogP contribution in [0, 0.1) is 11.3 Å². The summed E-state index contributed by atoms with van der Waals surface area (Å²) in [6, 6.07) is 14.5. The summed E-state index contributed by atoms with van der Waals surface area (Å²) in [6.45, 7) is 11.4. The molecule has 0 radical (unpaired) electrons. The van der Waals surface area contributed by atoms with Gasteiger partial charge in [-0.2, -0.15) is 0 Å². The molecule has 31 heavy (non-hydrogen) atoms. The Balaban J connectivity index is 1.48. The summed E-state index contributed by atoms with van der Waals surface area (Å²) in [7, 11) is 0. The Morgan fingerprint density at radius 3 is 2.55 bits per heavy atom. The second-order valence-electron chi connectivity index (χ2n) is 10.7. The minimum Gasteiger partial charge on any atom is -0.478 e. The van der Waals surface area contributed by atoms with Crippen LogP contribution < -0.4 is 5.32 Å². The largest absolute Gasteiger partial charge is 0.478 e. The van der Waals surface area contributed by atoms with Crippen LogP contribution in [0.5, 0.6) is 0 Å². The molecule has 3 nitrogen and oxygen atoms in total. The monoisotopic (exact) mass is 419 g/mol. The third kappa shape index (κ3) is 4.17. The summed E-state index contributed by atoms with van der Waals surface area (Å²) in [5.41, 5.74) is 6.69. The number of carbonyl (C=O) groups is 1. The second kappa shape index (κ2) is 8.43. The number of nitrogens with one attached hydrogen (secondary N) is 1. The van der Waals surface area contributed by atoms with E-state index in [2.05, 4.69) is 51.2 Å². The number of carboxylic acids is 1. The van der Waals surface area contributed by atoms with Gasteiger partial charge in [0.2, 0.25) is 0 Å². The molecule has 4 rings (SSSR count). The highest BCUT2D eigenvalue weighted by molar-refractivity contribution is 5.87. The van der Waals surface area contributed by atoms with E-state index in [1.165, 1.54) is 37.7 Å². The lowest BCUT2D eigenvalue weighted by Crippen LogP contribution is -2.52. The summed E-state index contributed by atoms with van der Waals surface area (Å²) in [5, 5.41) is 12.8. The second-order valence-corrected chi connectivity index (χ2v) is 10.7. The molecular formula is C28H37NO2. The van der Waals surface area contributed by atoms with Crippen molar-refractivity contribution in [1.82, 2.24) is 5.32 Å². The summed E-state index contributed by atoms with van der Waals surface area (Å²) >= 11 is 0. The molecule has 0 bridgehead atoms. The molecule has 0 spiro atoms. The molecule has 1 saturated carbocycles. The van der Waals surface area contributed by atoms with Crippen molar-refractivity contribution in [3.05, 3.63) is 70.3 Å². The van der Waals surface area contributed by atoms with Gasteiger partial charge in [-0.05, 0) is 82.7 Å². The highest BCUT2D eigenvalue weighted by Crippen LogP contribution is 2.57. The quantitative estimate of drug-likeness (QED) is 0.577. The normalized spacial score (nSPS) is 27.6. The summed E-state index contributed by atoms with van der Waals surface area (Å²) in [5.74, 6) is 0.404. The van der Waals surface area contributed by atoms with E-state index in [-0.39, 0.29) is 10.8 Å². The van der Waals surface area contributed by atoms with Crippen molar-refractivity contribution in [3.63, 3.8) is 0 Å². The van der Waals surface area contributed by atoms with E-state index in [1.807, 2.05) is 12.1 Å². The minimum absolute atomic E-state index is 0.265. The van der Waals surface area contributed by atoms with Crippen molar-refractivity contribution >= 4 is 5.97 Å².